The second kappa shape index (κ2) is 7.74. The molecule has 1 atom stereocenters. The van der Waals surface area contributed by atoms with Crippen molar-refractivity contribution in [1.29, 1.82) is 0 Å². The van der Waals surface area contributed by atoms with Gasteiger partial charge in [0.05, 0.1) is 4.92 Å². The summed E-state index contributed by atoms with van der Waals surface area (Å²) in [7, 11) is 1.49. The van der Waals surface area contributed by atoms with Crippen LogP contribution in [0.4, 0.5) is 11.4 Å². The maximum atomic E-state index is 11.5. The summed E-state index contributed by atoms with van der Waals surface area (Å²) in [6, 6.07) is 4.45. The Morgan fingerprint density at radius 3 is 2.75 bits per heavy atom. The van der Waals surface area contributed by atoms with Gasteiger partial charge in [-0.3, -0.25) is 14.9 Å². The van der Waals surface area contributed by atoms with E-state index < -0.39 is 4.92 Å². The molecule has 6 nitrogen and oxygen atoms in total. The Morgan fingerprint density at radius 1 is 1.50 bits per heavy atom. The van der Waals surface area contributed by atoms with Gasteiger partial charge in [-0.15, -0.1) is 0 Å². The third-order valence-electron chi connectivity index (χ3n) is 2.78. The summed E-state index contributed by atoms with van der Waals surface area (Å²) in [4.78, 5) is 22.1. The molecule has 0 radical (unpaired) electrons. The van der Waals surface area contributed by atoms with E-state index in [1.54, 1.807) is 23.9 Å². The molecule has 0 fully saturated rings. The zero-order valence-corrected chi connectivity index (χ0v) is 12.6. The highest BCUT2D eigenvalue weighted by molar-refractivity contribution is 7.98. The van der Waals surface area contributed by atoms with Crippen molar-refractivity contribution in [3.63, 3.8) is 0 Å². The Hall–Kier alpha value is -1.76. The zero-order valence-electron chi connectivity index (χ0n) is 11.8. The number of nitro groups is 1. The SMILES string of the molecule is CNC(=O)c1ccc(NCC(C)CSC)c([N+](=O)[O-])c1. The predicted molar refractivity (Wildman–Crippen MR) is 82.5 cm³/mol. The zero-order chi connectivity index (χ0) is 15.1. The third-order valence-corrected chi connectivity index (χ3v) is 3.68. The fourth-order valence-corrected chi connectivity index (χ4v) is 2.43. The Morgan fingerprint density at radius 2 is 2.20 bits per heavy atom. The number of amides is 1. The fraction of sp³-hybridized carbons (Fsp3) is 0.462. The molecule has 0 saturated carbocycles. The van der Waals surface area contributed by atoms with E-state index in [0.717, 1.165) is 5.75 Å². The number of carbonyl (C=O) groups excluding carboxylic acids is 1. The van der Waals surface area contributed by atoms with Gasteiger partial charge in [0, 0.05) is 25.2 Å². The van der Waals surface area contributed by atoms with Crippen LogP contribution in [0.15, 0.2) is 18.2 Å². The van der Waals surface area contributed by atoms with Crippen molar-refractivity contribution < 1.29 is 9.72 Å². The van der Waals surface area contributed by atoms with Crippen molar-refractivity contribution in [3.05, 3.63) is 33.9 Å². The third kappa shape index (κ3) is 4.41. The van der Waals surface area contributed by atoms with E-state index in [1.165, 1.54) is 13.1 Å². The van der Waals surface area contributed by atoms with Gasteiger partial charge in [0.15, 0.2) is 0 Å². The van der Waals surface area contributed by atoms with Crippen LogP contribution in [0.3, 0.4) is 0 Å². The maximum Gasteiger partial charge on any atom is 0.293 e. The molecule has 0 bridgehead atoms. The summed E-state index contributed by atoms with van der Waals surface area (Å²) in [5.41, 5.74) is 0.639. The number of rotatable bonds is 7. The molecule has 2 N–H and O–H groups in total. The van der Waals surface area contributed by atoms with Gasteiger partial charge in [0.1, 0.15) is 5.69 Å². The average Bonchev–Trinajstić information content (AvgIpc) is 2.44. The van der Waals surface area contributed by atoms with Gasteiger partial charge in [0.25, 0.3) is 11.6 Å². The molecule has 1 aromatic rings. The molecule has 1 rings (SSSR count). The van der Waals surface area contributed by atoms with Crippen LogP contribution in [-0.4, -0.2) is 36.4 Å². The lowest BCUT2D eigenvalue weighted by Crippen LogP contribution is -2.18. The first-order valence-electron chi connectivity index (χ1n) is 6.23. The second-order valence-electron chi connectivity index (χ2n) is 4.51. The van der Waals surface area contributed by atoms with Gasteiger partial charge in [-0.2, -0.15) is 11.8 Å². The number of nitro benzene ring substituents is 1. The highest BCUT2D eigenvalue weighted by Gasteiger charge is 2.17. The van der Waals surface area contributed by atoms with Gasteiger partial charge >= 0.3 is 0 Å². The first-order chi connectivity index (χ1) is 9.49. The smallest absolute Gasteiger partial charge is 0.293 e. The molecule has 0 aromatic heterocycles. The van der Waals surface area contributed by atoms with Crippen LogP contribution in [0.2, 0.25) is 0 Å². The molecule has 0 aliphatic rings. The summed E-state index contributed by atoms with van der Waals surface area (Å²) in [5.74, 6) is 1.05. The van der Waals surface area contributed by atoms with E-state index in [0.29, 0.717) is 18.2 Å². The van der Waals surface area contributed by atoms with Gasteiger partial charge in [0.2, 0.25) is 0 Å². The van der Waals surface area contributed by atoms with E-state index in [1.807, 2.05) is 6.26 Å². The van der Waals surface area contributed by atoms with Gasteiger partial charge in [-0.05, 0) is 30.1 Å². The van der Waals surface area contributed by atoms with Gasteiger partial charge in [-0.25, -0.2) is 0 Å². The highest BCUT2D eigenvalue weighted by Crippen LogP contribution is 2.26. The molecule has 0 aliphatic heterocycles. The minimum absolute atomic E-state index is 0.0811. The van der Waals surface area contributed by atoms with Gasteiger partial charge in [-0.1, -0.05) is 6.92 Å². The van der Waals surface area contributed by atoms with E-state index in [9.17, 15) is 14.9 Å². The van der Waals surface area contributed by atoms with Crippen molar-refractivity contribution in [1.82, 2.24) is 5.32 Å². The lowest BCUT2D eigenvalue weighted by atomic mass is 10.1. The molecule has 0 aliphatic carbocycles. The molecule has 20 heavy (non-hydrogen) atoms. The summed E-state index contributed by atoms with van der Waals surface area (Å²) in [6.45, 7) is 2.73. The van der Waals surface area contributed by atoms with Crippen molar-refractivity contribution in [3.8, 4) is 0 Å². The van der Waals surface area contributed by atoms with Gasteiger partial charge < -0.3 is 10.6 Å². The topological polar surface area (TPSA) is 84.3 Å². The normalized spacial score (nSPS) is 11.8. The monoisotopic (exact) mass is 297 g/mol. The Bertz CT molecular complexity index is 494. The number of nitrogens with one attached hydrogen (secondary N) is 2. The minimum atomic E-state index is -0.478. The molecule has 0 saturated heterocycles. The van der Waals surface area contributed by atoms with E-state index in [2.05, 4.69) is 17.6 Å². The lowest BCUT2D eigenvalue weighted by Gasteiger charge is -2.13. The molecule has 1 aromatic carbocycles. The molecule has 0 heterocycles. The summed E-state index contributed by atoms with van der Waals surface area (Å²) in [6.07, 6.45) is 2.02. The molecule has 7 heteroatoms. The van der Waals surface area contributed by atoms with Crippen LogP contribution >= 0.6 is 11.8 Å². The van der Waals surface area contributed by atoms with Crippen LogP contribution in [-0.2, 0) is 0 Å². The summed E-state index contributed by atoms with van der Waals surface area (Å²) < 4.78 is 0. The Labute approximate surface area is 122 Å². The lowest BCUT2D eigenvalue weighted by molar-refractivity contribution is -0.384. The number of thioether (sulfide) groups is 1. The quantitative estimate of drug-likeness (QED) is 0.596. The largest absolute Gasteiger partial charge is 0.379 e. The molecule has 110 valence electrons. The predicted octanol–water partition coefficient (Wildman–Crippen LogP) is 2.37. The Kier molecular flexibility index (Phi) is 6.30. The first kappa shape index (κ1) is 16.3. The number of nitrogens with zero attached hydrogens (tertiary/aromatic N) is 1. The summed E-state index contributed by atoms with van der Waals surface area (Å²) >= 11 is 1.74. The minimum Gasteiger partial charge on any atom is -0.379 e. The highest BCUT2D eigenvalue weighted by atomic mass is 32.2. The average molecular weight is 297 g/mol. The van der Waals surface area contributed by atoms with E-state index in [-0.39, 0.29) is 17.2 Å². The van der Waals surface area contributed by atoms with Crippen LogP contribution in [0, 0.1) is 16.0 Å². The number of hydrogen-bond donors (Lipinski definition) is 2. The first-order valence-corrected chi connectivity index (χ1v) is 7.62. The molecule has 1 unspecified atom stereocenters. The van der Waals surface area contributed by atoms with Crippen LogP contribution in [0.5, 0.6) is 0 Å². The standard InChI is InChI=1S/C13H19N3O3S/c1-9(8-20-3)7-15-11-5-4-10(13(17)14-2)6-12(11)16(18)19/h4-6,9,15H,7-8H2,1-3H3,(H,14,17). The number of carbonyl (C=O) groups is 1. The van der Waals surface area contributed by atoms with Crippen molar-refractivity contribution in [2.75, 3.05) is 30.9 Å². The molecular formula is C13H19N3O3S. The fourth-order valence-electron chi connectivity index (χ4n) is 1.75. The van der Waals surface area contributed by atoms with Crippen molar-refractivity contribution in [2.45, 2.75) is 6.92 Å². The summed E-state index contributed by atoms with van der Waals surface area (Å²) in [5, 5.41) is 16.6. The van der Waals surface area contributed by atoms with Crippen molar-refractivity contribution >= 4 is 29.0 Å². The Balaban J connectivity index is 2.90. The maximum absolute atomic E-state index is 11.5. The number of anilines is 1. The van der Waals surface area contributed by atoms with E-state index in [4.69, 9.17) is 0 Å². The molecular weight excluding hydrogens is 278 g/mol. The van der Waals surface area contributed by atoms with Crippen LogP contribution in [0.1, 0.15) is 17.3 Å². The van der Waals surface area contributed by atoms with Crippen LogP contribution < -0.4 is 10.6 Å². The second-order valence-corrected chi connectivity index (χ2v) is 5.42. The molecule has 1 amide bonds. The van der Waals surface area contributed by atoms with E-state index >= 15 is 0 Å². The number of hydrogen-bond acceptors (Lipinski definition) is 5. The van der Waals surface area contributed by atoms with Crippen molar-refractivity contribution in [2.24, 2.45) is 5.92 Å². The molecule has 0 spiro atoms. The number of benzene rings is 1. The van der Waals surface area contributed by atoms with Crippen LogP contribution in [0.25, 0.3) is 0 Å².